The summed E-state index contributed by atoms with van der Waals surface area (Å²) in [6, 6.07) is 6.78. The highest BCUT2D eigenvalue weighted by molar-refractivity contribution is 6.34. The molecule has 0 aliphatic carbocycles. The summed E-state index contributed by atoms with van der Waals surface area (Å²) in [6.45, 7) is 1.85. The van der Waals surface area contributed by atoms with Crippen LogP contribution in [0.2, 0.25) is 5.02 Å². The molecule has 1 amide bonds. The predicted molar refractivity (Wildman–Crippen MR) is 70.0 cm³/mol. The van der Waals surface area contributed by atoms with Gasteiger partial charge in [-0.05, 0) is 24.6 Å². The van der Waals surface area contributed by atoms with E-state index in [0.29, 0.717) is 10.7 Å². The van der Waals surface area contributed by atoms with Crippen LogP contribution >= 0.6 is 11.6 Å². The number of carbonyl (C=O) groups is 1. The molecule has 0 aliphatic rings. The van der Waals surface area contributed by atoms with Crippen LogP contribution in [0.5, 0.6) is 5.75 Å². The Balaban J connectivity index is 2.27. The number of hydrogen-bond donors (Lipinski definition) is 2. The molecule has 0 saturated carbocycles. The number of nitrogens with zero attached hydrogens (tertiary/aromatic N) is 1. The van der Waals surface area contributed by atoms with Gasteiger partial charge in [-0.25, -0.2) is 0 Å². The SMILES string of the molecule is Cc1cccc(NC(=O)c2ccncc2O)c1Cl. The van der Waals surface area contributed by atoms with Gasteiger partial charge in [0, 0.05) is 6.20 Å². The molecule has 0 saturated heterocycles. The lowest BCUT2D eigenvalue weighted by atomic mass is 10.2. The molecule has 2 N–H and O–H groups in total. The summed E-state index contributed by atoms with van der Waals surface area (Å²) in [5, 5.41) is 12.7. The van der Waals surface area contributed by atoms with E-state index in [-0.39, 0.29) is 11.3 Å². The van der Waals surface area contributed by atoms with E-state index in [4.69, 9.17) is 11.6 Å². The van der Waals surface area contributed by atoms with Crippen molar-refractivity contribution >= 4 is 23.2 Å². The van der Waals surface area contributed by atoms with Gasteiger partial charge in [-0.3, -0.25) is 9.78 Å². The quantitative estimate of drug-likeness (QED) is 0.875. The molecule has 0 aliphatic heterocycles. The van der Waals surface area contributed by atoms with Gasteiger partial charge >= 0.3 is 0 Å². The second-order valence-electron chi connectivity index (χ2n) is 3.78. The maximum atomic E-state index is 11.9. The molecule has 2 aromatic rings. The summed E-state index contributed by atoms with van der Waals surface area (Å²) in [5.41, 5.74) is 1.54. The first-order chi connectivity index (χ1) is 8.59. The number of aromatic nitrogens is 1. The van der Waals surface area contributed by atoms with Crippen LogP contribution in [0.15, 0.2) is 36.7 Å². The van der Waals surface area contributed by atoms with Crippen LogP contribution in [0.1, 0.15) is 15.9 Å². The van der Waals surface area contributed by atoms with Crippen LogP contribution in [-0.4, -0.2) is 16.0 Å². The van der Waals surface area contributed by atoms with Crippen LogP contribution in [-0.2, 0) is 0 Å². The molecule has 1 aromatic heterocycles. The summed E-state index contributed by atoms with van der Waals surface area (Å²) in [7, 11) is 0. The number of hydrogen-bond acceptors (Lipinski definition) is 3. The van der Waals surface area contributed by atoms with Gasteiger partial charge in [0.25, 0.3) is 5.91 Å². The molecular formula is C13H11ClN2O2. The zero-order chi connectivity index (χ0) is 13.1. The molecular weight excluding hydrogens is 252 g/mol. The second-order valence-corrected chi connectivity index (χ2v) is 4.16. The lowest BCUT2D eigenvalue weighted by Crippen LogP contribution is -2.12. The average molecular weight is 263 g/mol. The summed E-state index contributed by atoms with van der Waals surface area (Å²) in [6.07, 6.45) is 2.65. The lowest BCUT2D eigenvalue weighted by molar-refractivity contribution is 0.102. The van der Waals surface area contributed by atoms with Crippen molar-refractivity contribution in [2.24, 2.45) is 0 Å². The predicted octanol–water partition coefficient (Wildman–Crippen LogP) is 3.00. The Bertz CT molecular complexity index is 599. The van der Waals surface area contributed by atoms with Gasteiger partial charge in [0.15, 0.2) is 0 Å². The van der Waals surface area contributed by atoms with E-state index in [2.05, 4.69) is 10.3 Å². The van der Waals surface area contributed by atoms with Crippen molar-refractivity contribution in [1.82, 2.24) is 4.98 Å². The van der Waals surface area contributed by atoms with Gasteiger partial charge in [0.2, 0.25) is 0 Å². The number of nitrogens with one attached hydrogen (secondary N) is 1. The third kappa shape index (κ3) is 2.43. The van der Waals surface area contributed by atoms with Gasteiger partial charge in [0.05, 0.1) is 22.5 Å². The first-order valence-corrected chi connectivity index (χ1v) is 5.67. The van der Waals surface area contributed by atoms with E-state index in [1.807, 2.05) is 13.0 Å². The van der Waals surface area contributed by atoms with E-state index in [1.165, 1.54) is 18.5 Å². The number of aryl methyl sites for hydroxylation is 1. The molecule has 92 valence electrons. The smallest absolute Gasteiger partial charge is 0.259 e. The Morgan fingerprint density at radius 1 is 1.39 bits per heavy atom. The number of pyridine rings is 1. The molecule has 0 fully saturated rings. The van der Waals surface area contributed by atoms with Crippen LogP contribution in [0.25, 0.3) is 0 Å². The van der Waals surface area contributed by atoms with E-state index in [1.54, 1.807) is 12.1 Å². The van der Waals surface area contributed by atoms with Gasteiger partial charge in [-0.15, -0.1) is 0 Å². The van der Waals surface area contributed by atoms with Crippen molar-refractivity contribution < 1.29 is 9.90 Å². The molecule has 0 radical (unpaired) electrons. The summed E-state index contributed by atoms with van der Waals surface area (Å²) in [4.78, 5) is 15.7. The number of halogens is 1. The minimum atomic E-state index is -0.428. The fraction of sp³-hybridized carbons (Fsp3) is 0.0769. The molecule has 0 bridgehead atoms. The van der Waals surface area contributed by atoms with Crippen molar-refractivity contribution in [1.29, 1.82) is 0 Å². The first kappa shape index (κ1) is 12.4. The number of rotatable bonds is 2. The first-order valence-electron chi connectivity index (χ1n) is 5.29. The Kier molecular flexibility index (Phi) is 3.48. The van der Waals surface area contributed by atoms with E-state index >= 15 is 0 Å². The summed E-state index contributed by atoms with van der Waals surface area (Å²) < 4.78 is 0. The number of anilines is 1. The van der Waals surface area contributed by atoms with Gasteiger partial charge in [-0.2, -0.15) is 0 Å². The molecule has 0 atom stereocenters. The van der Waals surface area contributed by atoms with Crippen LogP contribution in [0, 0.1) is 6.92 Å². The van der Waals surface area contributed by atoms with Crippen LogP contribution in [0.3, 0.4) is 0 Å². The Morgan fingerprint density at radius 2 is 2.17 bits per heavy atom. The fourth-order valence-electron chi connectivity index (χ4n) is 1.51. The Labute approximate surface area is 109 Å². The minimum Gasteiger partial charge on any atom is -0.505 e. The monoisotopic (exact) mass is 262 g/mol. The molecule has 0 unspecified atom stereocenters. The number of benzene rings is 1. The Hall–Kier alpha value is -2.07. The van der Waals surface area contributed by atoms with Gasteiger partial charge in [-0.1, -0.05) is 23.7 Å². The molecule has 1 heterocycles. The summed E-state index contributed by atoms with van der Waals surface area (Å²) >= 11 is 6.07. The normalized spacial score (nSPS) is 10.1. The van der Waals surface area contributed by atoms with E-state index in [9.17, 15) is 9.90 Å². The van der Waals surface area contributed by atoms with Crippen LogP contribution < -0.4 is 5.32 Å². The average Bonchev–Trinajstić information content (AvgIpc) is 2.35. The zero-order valence-corrected chi connectivity index (χ0v) is 10.4. The third-order valence-corrected chi connectivity index (χ3v) is 2.99. The molecule has 4 nitrogen and oxygen atoms in total. The third-order valence-electron chi connectivity index (χ3n) is 2.48. The molecule has 18 heavy (non-hydrogen) atoms. The molecule has 0 spiro atoms. The van der Waals surface area contributed by atoms with Crippen molar-refractivity contribution in [3.63, 3.8) is 0 Å². The zero-order valence-electron chi connectivity index (χ0n) is 9.64. The van der Waals surface area contributed by atoms with Gasteiger partial charge in [0.1, 0.15) is 5.75 Å². The number of amides is 1. The van der Waals surface area contributed by atoms with Crippen molar-refractivity contribution in [2.45, 2.75) is 6.92 Å². The summed E-state index contributed by atoms with van der Waals surface area (Å²) in [5.74, 6) is -0.596. The maximum Gasteiger partial charge on any atom is 0.259 e. The van der Waals surface area contributed by atoms with Crippen LogP contribution in [0.4, 0.5) is 5.69 Å². The fourth-order valence-corrected chi connectivity index (χ4v) is 1.68. The number of aromatic hydroxyl groups is 1. The maximum absolute atomic E-state index is 11.9. The number of carbonyl (C=O) groups excluding carboxylic acids is 1. The largest absolute Gasteiger partial charge is 0.505 e. The highest BCUT2D eigenvalue weighted by Gasteiger charge is 2.12. The van der Waals surface area contributed by atoms with E-state index in [0.717, 1.165) is 5.56 Å². The topological polar surface area (TPSA) is 62.2 Å². The highest BCUT2D eigenvalue weighted by atomic mass is 35.5. The van der Waals surface area contributed by atoms with Crippen molar-refractivity contribution in [3.05, 3.63) is 52.8 Å². The lowest BCUT2D eigenvalue weighted by Gasteiger charge is -2.09. The van der Waals surface area contributed by atoms with Gasteiger partial charge < -0.3 is 10.4 Å². The minimum absolute atomic E-state index is 0.155. The Morgan fingerprint density at radius 3 is 2.89 bits per heavy atom. The molecule has 5 heteroatoms. The second kappa shape index (κ2) is 5.06. The standard InChI is InChI=1S/C13H11ClN2O2/c1-8-3-2-4-10(12(8)14)16-13(18)9-5-6-15-7-11(9)17/h2-7,17H,1H3,(H,16,18). The molecule has 1 aromatic carbocycles. The molecule has 2 rings (SSSR count). The van der Waals surface area contributed by atoms with Crippen molar-refractivity contribution in [2.75, 3.05) is 5.32 Å². The highest BCUT2D eigenvalue weighted by Crippen LogP contribution is 2.26. The van der Waals surface area contributed by atoms with Crippen molar-refractivity contribution in [3.8, 4) is 5.75 Å². The van der Waals surface area contributed by atoms with E-state index < -0.39 is 5.91 Å².